The van der Waals surface area contributed by atoms with Gasteiger partial charge in [0.2, 0.25) is 5.91 Å². The van der Waals surface area contributed by atoms with Crippen LogP contribution in [0.25, 0.3) is 0 Å². The fourth-order valence-electron chi connectivity index (χ4n) is 2.99. The number of carbonyl (C=O) groups is 1. The number of amides is 1. The van der Waals surface area contributed by atoms with Gasteiger partial charge in [-0.15, -0.1) is 0 Å². The molecule has 5 heteroatoms. The topological polar surface area (TPSA) is 61.8 Å². The van der Waals surface area contributed by atoms with Crippen molar-refractivity contribution in [2.75, 3.05) is 26.2 Å². The molecule has 0 saturated carbocycles. The number of nitrogens with one attached hydrogen (secondary N) is 1. The van der Waals surface area contributed by atoms with Crippen LogP contribution in [0.4, 0.5) is 0 Å². The molecule has 0 aromatic carbocycles. The van der Waals surface area contributed by atoms with Gasteiger partial charge >= 0.3 is 0 Å². The maximum Gasteiger partial charge on any atom is 0.227 e. The number of rotatable bonds is 2. The molecule has 18 heavy (non-hydrogen) atoms. The molecule has 0 radical (unpaired) electrons. The van der Waals surface area contributed by atoms with E-state index in [-0.39, 0.29) is 36.2 Å². The van der Waals surface area contributed by atoms with E-state index in [1.54, 1.807) is 0 Å². The Morgan fingerprint density at radius 2 is 2.28 bits per heavy atom. The van der Waals surface area contributed by atoms with Crippen LogP contribution in [0.3, 0.4) is 0 Å². The molecule has 2 fully saturated rings. The summed E-state index contributed by atoms with van der Waals surface area (Å²) in [7, 11) is 0. The lowest BCUT2D eigenvalue weighted by Crippen LogP contribution is -2.57. The predicted octanol–water partition coefficient (Wildman–Crippen LogP) is -0.0173. The summed E-state index contributed by atoms with van der Waals surface area (Å²) in [6.45, 7) is 7.97. The molecule has 3 unspecified atom stereocenters. The smallest absolute Gasteiger partial charge is 0.227 e. The Bertz CT molecular complexity index is 319. The molecule has 0 aromatic rings. The molecule has 0 aliphatic carbocycles. The van der Waals surface area contributed by atoms with Crippen molar-refractivity contribution in [3.8, 4) is 0 Å². The largest absolute Gasteiger partial charge is 0.394 e. The zero-order valence-electron chi connectivity index (χ0n) is 11.5. The molecular formula is C13H24N2O3. The van der Waals surface area contributed by atoms with Crippen molar-refractivity contribution < 1.29 is 14.6 Å². The van der Waals surface area contributed by atoms with Crippen molar-refractivity contribution in [2.45, 2.75) is 44.9 Å². The Morgan fingerprint density at radius 1 is 1.56 bits per heavy atom. The van der Waals surface area contributed by atoms with Crippen LogP contribution in [-0.2, 0) is 9.53 Å². The monoisotopic (exact) mass is 256 g/mol. The van der Waals surface area contributed by atoms with Crippen molar-refractivity contribution >= 4 is 5.91 Å². The summed E-state index contributed by atoms with van der Waals surface area (Å²) in [6, 6.07) is 0.246. The molecule has 0 bridgehead atoms. The zero-order valence-corrected chi connectivity index (χ0v) is 11.5. The van der Waals surface area contributed by atoms with E-state index in [2.05, 4.69) is 12.2 Å². The van der Waals surface area contributed by atoms with E-state index in [1.165, 1.54) is 0 Å². The number of morpholine rings is 1. The van der Waals surface area contributed by atoms with E-state index in [9.17, 15) is 9.90 Å². The summed E-state index contributed by atoms with van der Waals surface area (Å²) >= 11 is 0. The first kappa shape index (κ1) is 13.8. The molecule has 2 heterocycles. The molecule has 0 spiro atoms. The lowest BCUT2D eigenvalue weighted by Gasteiger charge is -2.43. The van der Waals surface area contributed by atoms with Crippen molar-refractivity contribution in [3.05, 3.63) is 0 Å². The zero-order chi connectivity index (χ0) is 13.3. The van der Waals surface area contributed by atoms with Crippen LogP contribution in [0.5, 0.6) is 0 Å². The highest BCUT2D eigenvalue weighted by molar-refractivity contribution is 5.80. The Morgan fingerprint density at radius 3 is 2.83 bits per heavy atom. The van der Waals surface area contributed by atoms with Crippen LogP contribution in [0.2, 0.25) is 0 Å². The average molecular weight is 256 g/mol. The first-order chi connectivity index (χ1) is 8.43. The number of ether oxygens (including phenoxy) is 1. The SMILES string of the molecule is CC1NCCC1C(=O)N1CC(CO)OC(C)(C)C1. The Kier molecular flexibility index (Phi) is 3.94. The van der Waals surface area contributed by atoms with Crippen LogP contribution in [-0.4, -0.2) is 59.9 Å². The molecule has 3 atom stereocenters. The van der Waals surface area contributed by atoms with Gasteiger partial charge in [0.25, 0.3) is 0 Å². The third-order valence-corrected chi connectivity index (χ3v) is 3.84. The molecule has 2 aliphatic heterocycles. The quantitative estimate of drug-likeness (QED) is 0.729. The lowest BCUT2D eigenvalue weighted by atomic mass is 9.97. The highest BCUT2D eigenvalue weighted by atomic mass is 16.5. The number of hydrogen-bond acceptors (Lipinski definition) is 4. The van der Waals surface area contributed by atoms with Crippen molar-refractivity contribution in [1.82, 2.24) is 10.2 Å². The molecule has 104 valence electrons. The van der Waals surface area contributed by atoms with Gasteiger partial charge in [-0.05, 0) is 33.7 Å². The Balaban J connectivity index is 2.05. The van der Waals surface area contributed by atoms with E-state index < -0.39 is 0 Å². The van der Waals surface area contributed by atoms with Crippen molar-refractivity contribution in [2.24, 2.45) is 5.92 Å². The van der Waals surface area contributed by atoms with E-state index >= 15 is 0 Å². The highest BCUT2D eigenvalue weighted by Crippen LogP contribution is 2.25. The first-order valence-electron chi connectivity index (χ1n) is 6.74. The minimum absolute atomic E-state index is 0.0360. The van der Waals surface area contributed by atoms with Gasteiger partial charge in [0, 0.05) is 19.1 Å². The van der Waals surface area contributed by atoms with Gasteiger partial charge < -0.3 is 20.1 Å². The number of nitrogens with zero attached hydrogens (tertiary/aromatic N) is 1. The summed E-state index contributed by atoms with van der Waals surface area (Å²) in [4.78, 5) is 14.4. The molecule has 2 rings (SSSR count). The normalized spacial score (nSPS) is 35.8. The van der Waals surface area contributed by atoms with Gasteiger partial charge in [0.05, 0.1) is 24.2 Å². The molecule has 2 N–H and O–H groups in total. The highest BCUT2D eigenvalue weighted by Gasteiger charge is 2.39. The van der Waals surface area contributed by atoms with E-state index in [1.807, 2.05) is 18.7 Å². The summed E-state index contributed by atoms with van der Waals surface area (Å²) in [5.41, 5.74) is -0.378. The van der Waals surface area contributed by atoms with Crippen LogP contribution in [0.1, 0.15) is 27.2 Å². The standard InChI is InChI=1S/C13H24N2O3/c1-9-11(4-5-14-9)12(17)15-6-10(7-16)18-13(2,3)8-15/h9-11,14,16H,4-8H2,1-3H3. The van der Waals surface area contributed by atoms with E-state index in [0.29, 0.717) is 13.1 Å². The van der Waals surface area contributed by atoms with Crippen LogP contribution >= 0.6 is 0 Å². The molecule has 2 saturated heterocycles. The molecule has 0 aromatic heterocycles. The summed E-state index contributed by atoms with van der Waals surface area (Å²) < 4.78 is 5.73. The van der Waals surface area contributed by atoms with Crippen LogP contribution in [0, 0.1) is 5.92 Å². The number of aliphatic hydroxyl groups excluding tert-OH is 1. The number of aliphatic hydroxyl groups is 1. The van der Waals surface area contributed by atoms with Gasteiger partial charge in [-0.25, -0.2) is 0 Å². The Labute approximate surface area is 108 Å². The third-order valence-electron chi connectivity index (χ3n) is 3.84. The molecular weight excluding hydrogens is 232 g/mol. The fourth-order valence-corrected chi connectivity index (χ4v) is 2.99. The minimum Gasteiger partial charge on any atom is -0.394 e. The summed E-state index contributed by atoms with van der Waals surface area (Å²) in [6.07, 6.45) is 0.643. The maximum absolute atomic E-state index is 12.5. The second kappa shape index (κ2) is 5.15. The lowest BCUT2D eigenvalue weighted by molar-refractivity contribution is -0.170. The molecule has 5 nitrogen and oxygen atoms in total. The van der Waals surface area contributed by atoms with Gasteiger partial charge in [0.15, 0.2) is 0 Å². The average Bonchev–Trinajstić information content (AvgIpc) is 2.72. The summed E-state index contributed by atoms with van der Waals surface area (Å²) in [5.74, 6) is 0.264. The van der Waals surface area contributed by atoms with Gasteiger partial charge in [-0.1, -0.05) is 0 Å². The van der Waals surface area contributed by atoms with Gasteiger partial charge in [-0.3, -0.25) is 4.79 Å². The fraction of sp³-hybridized carbons (Fsp3) is 0.923. The summed E-state index contributed by atoms with van der Waals surface area (Å²) in [5, 5.41) is 12.6. The van der Waals surface area contributed by atoms with Crippen molar-refractivity contribution in [1.29, 1.82) is 0 Å². The maximum atomic E-state index is 12.5. The predicted molar refractivity (Wildman–Crippen MR) is 68.2 cm³/mol. The van der Waals surface area contributed by atoms with Crippen LogP contribution < -0.4 is 5.32 Å². The second-order valence-electron chi connectivity index (χ2n) is 6.04. The van der Waals surface area contributed by atoms with E-state index in [0.717, 1.165) is 13.0 Å². The molecule has 2 aliphatic rings. The van der Waals surface area contributed by atoms with Crippen LogP contribution in [0.15, 0.2) is 0 Å². The van der Waals surface area contributed by atoms with E-state index in [4.69, 9.17) is 4.74 Å². The number of hydrogen-bond donors (Lipinski definition) is 2. The number of carbonyl (C=O) groups excluding carboxylic acids is 1. The van der Waals surface area contributed by atoms with Gasteiger partial charge in [0.1, 0.15) is 0 Å². The van der Waals surface area contributed by atoms with Crippen molar-refractivity contribution in [3.63, 3.8) is 0 Å². The minimum atomic E-state index is -0.378. The third kappa shape index (κ3) is 2.84. The van der Waals surface area contributed by atoms with Gasteiger partial charge in [-0.2, -0.15) is 0 Å². The first-order valence-corrected chi connectivity index (χ1v) is 6.74. The second-order valence-corrected chi connectivity index (χ2v) is 6.04. The molecule has 1 amide bonds. The Hall–Kier alpha value is -0.650.